The molecule has 0 fully saturated rings. The highest BCUT2D eigenvalue weighted by molar-refractivity contribution is 6.74. The molecule has 2 atom stereocenters. The first-order valence-electron chi connectivity index (χ1n) is 11.5. The Morgan fingerprint density at radius 3 is 2.36 bits per heavy atom. The number of rotatable bonds is 6. The normalized spacial score (nSPS) is 18.7. The number of carbonyl (C=O) groups is 1. The molecule has 6 heteroatoms. The molecule has 0 saturated heterocycles. The van der Waals surface area contributed by atoms with Gasteiger partial charge >= 0.3 is 0 Å². The van der Waals surface area contributed by atoms with Crippen LogP contribution in [-0.2, 0) is 22.1 Å². The van der Waals surface area contributed by atoms with Crippen LogP contribution in [0.25, 0.3) is 6.08 Å². The summed E-state index contributed by atoms with van der Waals surface area (Å²) in [5, 5.41) is 1.13. The van der Waals surface area contributed by atoms with Crippen molar-refractivity contribution < 1.29 is 9.22 Å². The van der Waals surface area contributed by atoms with Crippen molar-refractivity contribution in [2.45, 2.75) is 70.8 Å². The fourth-order valence-electron chi connectivity index (χ4n) is 4.27. The largest absolute Gasteiger partial charge is 0.415 e. The van der Waals surface area contributed by atoms with Crippen molar-refractivity contribution in [3.05, 3.63) is 75.3 Å². The third kappa shape index (κ3) is 5.40. The highest BCUT2D eigenvalue weighted by Crippen LogP contribution is 2.39. The van der Waals surface area contributed by atoms with Gasteiger partial charge in [-0.05, 0) is 65.9 Å². The van der Waals surface area contributed by atoms with Gasteiger partial charge < -0.3 is 9.33 Å². The molecule has 0 spiro atoms. The van der Waals surface area contributed by atoms with Crippen LogP contribution < -0.4 is 0 Å². The minimum atomic E-state index is -1.98. The summed E-state index contributed by atoms with van der Waals surface area (Å²) in [6, 6.07) is 11.4. The summed E-state index contributed by atoms with van der Waals surface area (Å²) in [5.41, 5.74) is 4.21. The van der Waals surface area contributed by atoms with Crippen LogP contribution in [0.5, 0.6) is 0 Å². The van der Waals surface area contributed by atoms with Crippen LogP contribution in [0, 0.1) is 0 Å². The molecule has 178 valence electrons. The van der Waals surface area contributed by atoms with E-state index in [0.29, 0.717) is 22.2 Å². The smallest absolute Gasteiger partial charge is 0.227 e. The van der Waals surface area contributed by atoms with Gasteiger partial charge in [-0.1, -0.05) is 80.9 Å². The molecule has 0 aromatic heterocycles. The quantitative estimate of drug-likeness (QED) is 0.377. The molecule has 0 radical (unpaired) electrons. The van der Waals surface area contributed by atoms with E-state index >= 15 is 0 Å². The summed E-state index contributed by atoms with van der Waals surface area (Å²) < 4.78 is 6.62. The first-order chi connectivity index (χ1) is 15.4. The third-order valence-electron chi connectivity index (χ3n) is 7.29. The second kappa shape index (κ2) is 9.95. The molecule has 0 aliphatic carbocycles. The zero-order valence-electron chi connectivity index (χ0n) is 20.5. The lowest BCUT2D eigenvalue weighted by molar-refractivity contribution is -0.137. The second-order valence-electron chi connectivity index (χ2n) is 10.4. The van der Waals surface area contributed by atoms with E-state index in [0.717, 1.165) is 17.5 Å². The molecule has 1 unspecified atom stereocenters. The number of halogens is 2. The summed E-state index contributed by atoms with van der Waals surface area (Å²) in [5.74, 6) is 0.0102. The van der Waals surface area contributed by atoms with Crippen LogP contribution in [-0.4, -0.2) is 31.8 Å². The second-order valence-corrected chi connectivity index (χ2v) is 16.0. The number of fused-ring (bicyclic) bond motifs is 1. The van der Waals surface area contributed by atoms with Crippen molar-refractivity contribution in [3.63, 3.8) is 0 Å². The number of hydrogen-bond donors (Lipinski definition) is 0. The van der Waals surface area contributed by atoms with Gasteiger partial charge in [0.2, 0.25) is 5.91 Å². The summed E-state index contributed by atoms with van der Waals surface area (Å²) in [6.45, 7) is 17.8. The van der Waals surface area contributed by atoms with E-state index in [1.165, 1.54) is 5.56 Å². The molecule has 3 nitrogen and oxygen atoms in total. The van der Waals surface area contributed by atoms with Gasteiger partial charge in [0.05, 0.1) is 25.1 Å². The average molecular weight is 505 g/mol. The van der Waals surface area contributed by atoms with Crippen LogP contribution in [0.15, 0.2) is 43.0 Å². The van der Waals surface area contributed by atoms with Gasteiger partial charge in [0.15, 0.2) is 8.32 Å². The molecule has 2 aromatic rings. The molecule has 1 amide bonds. The highest BCUT2D eigenvalue weighted by atomic mass is 35.5. The molecule has 33 heavy (non-hydrogen) atoms. The third-order valence-corrected chi connectivity index (χ3v) is 12.5. The van der Waals surface area contributed by atoms with Gasteiger partial charge in [0.25, 0.3) is 0 Å². The summed E-state index contributed by atoms with van der Waals surface area (Å²) in [7, 11) is -1.98. The van der Waals surface area contributed by atoms with Crippen molar-refractivity contribution in [2.75, 3.05) is 6.61 Å². The standard InChI is InChI=1S/C27H35Cl2NO2Si/c1-8-19-11-9-12-21-18(2)30(26(31)16-23-24(28)13-10-14-25(23)29)20(15-22(19)21)17-32-33(6,7)27(3,4)5/h8-14,18,20H,1,15-17H2,2-7H3/t18?,20-/m1/s1. The number of benzene rings is 2. The fourth-order valence-corrected chi connectivity index (χ4v) is 5.84. The Kier molecular flexibility index (Phi) is 7.85. The maximum absolute atomic E-state index is 13.7. The predicted octanol–water partition coefficient (Wildman–Crippen LogP) is 7.72. The van der Waals surface area contributed by atoms with Crippen LogP contribution in [0.1, 0.15) is 56.0 Å². The Morgan fingerprint density at radius 2 is 1.79 bits per heavy atom. The molecule has 0 N–H and O–H groups in total. The van der Waals surface area contributed by atoms with E-state index in [2.05, 4.69) is 59.5 Å². The van der Waals surface area contributed by atoms with Crippen LogP contribution in [0.2, 0.25) is 28.2 Å². The number of carbonyl (C=O) groups excluding carboxylic acids is 1. The van der Waals surface area contributed by atoms with E-state index in [1.54, 1.807) is 18.2 Å². The maximum Gasteiger partial charge on any atom is 0.227 e. The van der Waals surface area contributed by atoms with E-state index in [4.69, 9.17) is 27.6 Å². The first-order valence-corrected chi connectivity index (χ1v) is 15.2. The van der Waals surface area contributed by atoms with Crippen LogP contribution in [0.4, 0.5) is 0 Å². The molecular formula is C27H35Cl2NO2Si. The Labute approximate surface area is 209 Å². The molecular weight excluding hydrogens is 469 g/mol. The Bertz CT molecular complexity index is 1020. The minimum absolute atomic E-state index is 0.0102. The van der Waals surface area contributed by atoms with Gasteiger partial charge in [-0.25, -0.2) is 0 Å². The topological polar surface area (TPSA) is 29.5 Å². The SMILES string of the molecule is C=Cc1cccc2c1C[C@H](CO[Si](C)(C)C(C)(C)C)N(C(=O)Cc1c(Cl)cccc1Cl)C2C. The van der Waals surface area contributed by atoms with Crippen LogP contribution in [0.3, 0.4) is 0 Å². The monoisotopic (exact) mass is 503 g/mol. The Hall–Kier alpha value is -1.59. The van der Waals surface area contributed by atoms with Crippen molar-refractivity contribution in [1.82, 2.24) is 4.90 Å². The predicted molar refractivity (Wildman–Crippen MR) is 143 cm³/mol. The molecule has 1 aliphatic rings. The van der Waals surface area contributed by atoms with E-state index in [1.807, 2.05) is 17.0 Å². The fraction of sp³-hybridized carbons (Fsp3) is 0.444. The Morgan fingerprint density at radius 1 is 1.18 bits per heavy atom. The van der Waals surface area contributed by atoms with E-state index < -0.39 is 8.32 Å². The molecule has 0 bridgehead atoms. The average Bonchev–Trinajstić information content (AvgIpc) is 2.73. The highest BCUT2D eigenvalue weighted by Gasteiger charge is 2.41. The van der Waals surface area contributed by atoms with Crippen molar-refractivity contribution in [3.8, 4) is 0 Å². The summed E-state index contributed by atoms with van der Waals surface area (Å²) in [4.78, 5) is 15.7. The number of hydrogen-bond acceptors (Lipinski definition) is 2. The maximum atomic E-state index is 13.7. The molecule has 2 aromatic carbocycles. The zero-order valence-corrected chi connectivity index (χ0v) is 23.1. The van der Waals surface area contributed by atoms with Gasteiger partial charge in [0, 0.05) is 10.0 Å². The molecule has 1 aliphatic heterocycles. The molecule has 3 rings (SSSR count). The summed E-state index contributed by atoms with van der Waals surface area (Å²) in [6.07, 6.45) is 2.80. The van der Waals surface area contributed by atoms with Crippen LogP contribution >= 0.6 is 23.2 Å². The first kappa shape index (κ1) is 26.0. The van der Waals surface area contributed by atoms with Crippen molar-refractivity contribution in [1.29, 1.82) is 0 Å². The molecule has 1 heterocycles. The Balaban J connectivity index is 1.97. The van der Waals surface area contributed by atoms with Gasteiger partial charge in [0.1, 0.15) is 0 Å². The number of amides is 1. The minimum Gasteiger partial charge on any atom is -0.415 e. The number of nitrogens with zero attached hydrogens (tertiary/aromatic N) is 1. The van der Waals surface area contributed by atoms with E-state index in [9.17, 15) is 4.79 Å². The van der Waals surface area contributed by atoms with Crippen molar-refractivity contribution >= 4 is 43.5 Å². The van der Waals surface area contributed by atoms with E-state index in [-0.39, 0.29) is 29.4 Å². The van der Waals surface area contributed by atoms with Gasteiger partial charge in [-0.2, -0.15) is 0 Å². The zero-order chi connectivity index (χ0) is 24.6. The summed E-state index contributed by atoms with van der Waals surface area (Å²) >= 11 is 12.8. The lowest BCUT2D eigenvalue weighted by atomic mass is 9.85. The lowest BCUT2D eigenvalue weighted by Crippen LogP contribution is -2.52. The lowest BCUT2D eigenvalue weighted by Gasteiger charge is -2.45. The van der Waals surface area contributed by atoms with Gasteiger partial charge in [-0.3, -0.25) is 4.79 Å². The molecule has 0 saturated carbocycles. The van der Waals surface area contributed by atoms with Crippen molar-refractivity contribution in [2.24, 2.45) is 0 Å². The van der Waals surface area contributed by atoms with Gasteiger partial charge in [-0.15, -0.1) is 0 Å².